The van der Waals surface area contributed by atoms with Gasteiger partial charge in [0.25, 0.3) is 0 Å². The van der Waals surface area contributed by atoms with Crippen LogP contribution in [0, 0.1) is 0 Å². The second-order valence-corrected chi connectivity index (χ2v) is 3.40. The van der Waals surface area contributed by atoms with Crippen LogP contribution in [0.1, 0.15) is 20.8 Å². The molecule has 1 unspecified atom stereocenters. The van der Waals surface area contributed by atoms with E-state index in [0.717, 1.165) is 0 Å². The first-order chi connectivity index (χ1) is 8.19. The molecule has 5 heteroatoms. The molecule has 17 heavy (non-hydrogen) atoms. The number of hydrogen-bond donors (Lipinski definition) is 1. The molecule has 0 fully saturated rings. The summed E-state index contributed by atoms with van der Waals surface area (Å²) in [5.74, 6) is 0.877. The molecule has 0 radical (unpaired) electrons. The van der Waals surface area contributed by atoms with Crippen molar-refractivity contribution in [2.45, 2.75) is 26.8 Å². The summed E-state index contributed by atoms with van der Waals surface area (Å²) >= 11 is 0. The number of carbonyl (C=O) groups excluding carboxylic acids is 1. The van der Waals surface area contributed by atoms with Crippen molar-refractivity contribution >= 4 is 11.8 Å². The fourth-order valence-electron chi connectivity index (χ4n) is 1.30. The van der Waals surface area contributed by atoms with Gasteiger partial charge in [0.2, 0.25) is 0 Å². The third-order valence-corrected chi connectivity index (χ3v) is 2.06. The van der Waals surface area contributed by atoms with Crippen molar-refractivity contribution in [3.05, 3.63) is 18.3 Å². The Kier molecular flexibility index (Phi) is 5.26. The summed E-state index contributed by atoms with van der Waals surface area (Å²) in [4.78, 5) is 15.6. The van der Waals surface area contributed by atoms with E-state index in [9.17, 15) is 4.79 Å². The number of aromatic nitrogens is 1. The normalized spacial score (nSPS) is 11.7. The third kappa shape index (κ3) is 3.94. The molecule has 1 heterocycles. The van der Waals surface area contributed by atoms with E-state index in [4.69, 9.17) is 9.47 Å². The molecule has 0 aliphatic heterocycles. The molecule has 1 aromatic heterocycles. The highest BCUT2D eigenvalue weighted by molar-refractivity contribution is 5.78. The molecule has 0 spiro atoms. The van der Waals surface area contributed by atoms with Gasteiger partial charge in [0.1, 0.15) is 6.04 Å². The van der Waals surface area contributed by atoms with Crippen LogP contribution in [-0.4, -0.2) is 30.2 Å². The van der Waals surface area contributed by atoms with Gasteiger partial charge in [-0.2, -0.15) is 0 Å². The predicted octanol–water partition coefficient (Wildman–Crippen LogP) is 1.84. The Bertz CT molecular complexity index is 369. The van der Waals surface area contributed by atoms with Gasteiger partial charge in [-0.1, -0.05) is 0 Å². The van der Waals surface area contributed by atoms with Crippen LogP contribution in [0.4, 0.5) is 5.82 Å². The highest BCUT2D eigenvalue weighted by atomic mass is 16.5. The molecule has 1 atom stereocenters. The van der Waals surface area contributed by atoms with Crippen LogP contribution in [-0.2, 0) is 9.53 Å². The zero-order valence-corrected chi connectivity index (χ0v) is 10.4. The van der Waals surface area contributed by atoms with Crippen LogP contribution in [0.2, 0.25) is 0 Å². The summed E-state index contributed by atoms with van der Waals surface area (Å²) < 4.78 is 10.3. The van der Waals surface area contributed by atoms with Crippen molar-refractivity contribution in [3.8, 4) is 5.75 Å². The van der Waals surface area contributed by atoms with Crippen molar-refractivity contribution in [1.82, 2.24) is 4.98 Å². The molecule has 0 amide bonds. The monoisotopic (exact) mass is 238 g/mol. The molecule has 1 rings (SSSR count). The molecular weight excluding hydrogens is 220 g/mol. The van der Waals surface area contributed by atoms with Gasteiger partial charge in [-0.05, 0) is 32.9 Å². The Morgan fingerprint density at radius 3 is 2.88 bits per heavy atom. The minimum atomic E-state index is -0.455. The van der Waals surface area contributed by atoms with Crippen LogP contribution >= 0.6 is 0 Å². The number of ether oxygens (including phenoxy) is 2. The smallest absolute Gasteiger partial charge is 0.328 e. The van der Waals surface area contributed by atoms with Gasteiger partial charge >= 0.3 is 5.97 Å². The Balaban J connectivity index is 2.70. The van der Waals surface area contributed by atoms with E-state index in [1.807, 2.05) is 6.92 Å². The standard InChI is InChI=1S/C12H18N2O3/c1-4-16-10-7-6-8-13-11(10)14-9(3)12(15)17-5-2/h6-9H,4-5H2,1-3H3,(H,13,14). The van der Waals surface area contributed by atoms with Gasteiger partial charge in [-0.15, -0.1) is 0 Å². The van der Waals surface area contributed by atoms with E-state index in [0.29, 0.717) is 24.8 Å². The first-order valence-corrected chi connectivity index (χ1v) is 5.70. The summed E-state index contributed by atoms with van der Waals surface area (Å²) in [5.41, 5.74) is 0. The lowest BCUT2D eigenvalue weighted by Gasteiger charge is -2.15. The quantitative estimate of drug-likeness (QED) is 0.766. The maximum absolute atomic E-state index is 11.5. The fourth-order valence-corrected chi connectivity index (χ4v) is 1.30. The lowest BCUT2D eigenvalue weighted by atomic mass is 10.3. The van der Waals surface area contributed by atoms with E-state index < -0.39 is 6.04 Å². The Hall–Kier alpha value is -1.78. The maximum Gasteiger partial charge on any atom is 0.328 e. The predicted molar refractivity (Wildman–Crippen MR) is 65.1 cm³/mol. The molecule has 1 N–H and O–H groups in total. The van der Waals surface area contributed by atoms with Gasteiger partial charge in [0.15, 0.2) is 11.6 Å². The minimum Gasteiger partial charge on any atom is -0.490 e. The largest absolute Gasteiger partial charge is 0.490 e. The summed E-state index contributed by atoms with van der Waals surface area (Å²) in [5, 5.41) is 2.97. The zero-order chi connectivity index (χ0) is 12.7. The van der Waals surface area contributed by atoms with Crippen LogP contribution in [0.3, 0.4) is 0 Å². The molecular formula is C12H18N2O3. The first-order valence-electron chi connectivity index (χ1n) is 5.70. The number of esters is 1. The molecule has 0 aliphatic carbocycles. The fraction of sp³-hybridized carbons (Fsp3) is 0.500. The van der Waals surface area contributed by atoms with E-state index in [-0.39, 0.29) is 5.97 Å². The first kappa shape index (κ1) is 13.3. The van der Waals surface area contributed by atoms with Crippen molar-refractivity contribution < 1.29 is 14.3 Å². The molecule has 0 saturated heterocycles. The highest BCUT2D eigenvalue weighted by Gasteiger charge is 2.16. The van der Waals surface area contributed by atoms with Crippen LogP contribution in [0.15, 0.2) is 18.3 Å². The second kappa shape index (κ2) is 6.73. The number of rotatable bonds is 6. The number of anilines is 1. The molecule has 1 aromatic rings. The Labute approximate surface area is 101 Å². The van der Waals surface area contributed by atoms with Crippen LogP contribution < -0.4 is 10.1 Å². The molecule has 0 bridgehead atoms. The lowest BCUT2D eigenvalue weighted by molar-refractivity contribution is -0.143. The number of pyridine rings is 1. The second-order valence-electron chi connectivity index (χ2n) is 3.40. The average molecular weight is 238 g/mol. The van der Waals surface area contributed by atoms with E-state index in [1.54, 1.807) is 32.2 Å². The maximum atomic E-state index is 11.5. The Morgan fingerprint density at radius 1 is 1.47 bits per heavy atom. The van der Waals surface area contributed by atoms with Crippen molar-refractivity contribution in [1.29, 1.82) is 0 Å². The summed E-state index contributed by atoms with van der Waals surface area (Å²) in [6.07, 6.45) is 1.64. The minimum absolute atomic E-state index is 0.305. The van der Waals surface area contributed by atoms with E-state index in [2.05, 4.69) is 10.3 Å². The van der Waals surface area contributed by atoms with Gasteiger partial charge in [-0.25, -0.2) is 9.78 Å². The summed E-state index contributed by atoms with van der Waals surface area (Å²) in [6, 6.07) is 3.13. The molecule has 0 saturated carbocycles. The molecule has 5 nitrogen and oxygen atoms in total. The molecule has 94 valence electrons. The van der Waals surface area contributed by atoms with Gasteiger partial charge in [-0.3, -0.25) is 0 Å². The molecule has 0 aromatic carbocycles. The average Bonchev–Trinajstić information content (AvgIpc) is 2.32. The topological polar surface area (TPSA) is 60.5 Å². The SMILES string of the molecule is CCOC(=O)C(C)Nc1ncccc1OCC. The molecule has 0 aliphatic rings. The summed E-state index contributed by atoms with van der Waals surface area (Å²) in [7, 11) is 0. The zero-order valence-electron chi connectivity index (χ0n) is 10.4. The van der Waals surface area contributed by atoms with Crippen LogP contribution in [0.25, 0.3) is 0 Å². The number of carbonyl (C=O) groups is 1. The van der Waals surface area contributed by atoms with Gasteiger partial charge in [0, 0.05) is 6.20 Å². The van der Waals surface area contributed by atoms with Crippen LogP contribution in [0.5, 0.6) is 5.75 Å². The summed E-state index contributed by atoms with van der Waals surface area (Å²) in [6.45, 7) is 6.31. The number of hydrogen-bond acceptors (Lipinski definition) is 5. The highest BCUT2D eigenvalue weighted by Crippen LogP contribution is 2.21. The van der Waals surface area contributed by atoms with Gasteiger partial charge in [0.05, 0.1) is 13.2 Å². The van der Waals surface area contributed by atoms with Crippen molar-refractivity contribution in [3.63, 3.8) is 0 Å². The van der Waals surface area contributed by atoms with Gasteiger partial charge < -0.3 is 14.8 Å². The van der Waals surface area contributed by atoms with E-state index >= 15 is 0 Å². The van der Waals surface area contributed by atoms with Crippen molar-refractivity contribution in [2.24, 2.45) is 0 Å². The van der Waals surface area contributed by atoms with Crippen molar-refractivity contribution in [2.75, 3.05) is 18.5 Å². The Morgan fingerprint density at radius 2 is 2.24 bits per heavy atom. The third-order valence-electron chi connectivity index (χ3n) is 2.06. The number of nitrogens with zero attached hydrogens (tertiary/aromatic N) is 1. The van der Waals surface area contributed by atoms with E-state index in [1.165, 1.54) is 0 Å². The lowest BCUT2D eigenvalue weighted by Crippen LogP contribution is -2.28. The number of nitrogens with one attached hydrogen (secondary N) is 1.